The van der Waals surface area contributed by atoms with Crippen LogP contribution in [0.1, 0.15) is 37.4 Å². The highest BCUT2D eigenvalue weighted by Crippen LogP contribution is 2.34. The summed E-state index contributed by atoms with van der Waals surface area (Å²) >= 11 is 0. The molecule has 1 fully saturated rings. The lowest BCUT2D eigenvalue weighted by Crippen LogP contribution is -2.32. The van der Waals surface area contributed by atoms with Crippen molar-refractivity contribution in [1.82, 2.24) is 9.97 Å². The third-order valence-corrected chi connectivity index (χ3v) is 4.39. The Morgan fingerprint density at radius 1 is 1.24 bits per heavy atom. The van der Waals surface area contributed by atoms with Gasteiger partial charge in [-0.3, -0.25) is 4.55 Å². The van der Waals surface area contributed by atoms with Gasteiger partial charge in [0.2, 0.25) is 0 Å². The largest absolute Gasteiger partial charge is 0.285 e. The molecule has 2 rings (SSSR count). The third kappa shape index (κ3) is 2.78. The molecule has 0 spiro atoms. The summed E-state index contributed by atoms with van der Waals surface area (Å²) in [6.07, 6.45) is 4.62. The van der Waals surface area contributed by atoms with E-state index in [1.807, 2.05) is 0 Å². The predicted octanol–water partition coefficient (Wildman–Crippen LogP) is 1.53. The van der Waals surface area contributed by atoms with Crippen LogP contribution in [0, 0.1) is 5.82 Å². The smallest absolute Gasteiger partial charge is 0.268 e. The van der Waals surface area contributed by atoms with Gasteiger partial charge in [-0.05, 0) is 12.8 Å². The van der Waals surface area contributed by atoms with E-state index in [0.717, 1.165) is 25.2 Å². The standard InChI is InChI=1S/C10H13FN2O3S/c11-7-5-12-10(13-6-7)8-3-1-2-4-9(8)17(14,15)16/h5-6,8-9H,1-4H2,(H,14,15,16)/t8-,9+/m0/s1. The van der Waals surface area contributed by atoms with Crippen LogP contribution in [-0.2, 0) is 10.1 Å². The lowest BCUT2D eigenvalue weighted by atomic mass is 9.88. The summed E-state index contributed by atoms with van der Waals surface area (Å²) < 4.78 is 44.4. The van der Waals surface area contributed by atoms with Gasteiger partial charge in [0.05, 0.1) is 17.6 Å². The second kappa shape index (κ2) is 4.66. The summed E-state index contributed by atoms with van der Waals surface area (Å²) in [6, 6.07) is 0. The van der Waals surface area contributed by atoms with Crippen molar-refractivity contribution in [2.24, 2.45) is 0 Å². The van der Waals surface area contributed by atoms with E-state index >= 15 is 0 Å². The normalized spacial score (nSPS) is 25.8. The summed E-state index contributed by atoms with van der Waals surface area (Å²) in [5, 5.41) is -0.873. The first-order chi connectivity index (χ1) is 7.98. The van der Waals surface area contributed by atoms with Crippen LogP contribution < -0.4 is 0 Å². The van der Waals surface area contributed by atoms with E-state index in [1.54, 1.807) is 0 Å². The van der Waals surface area contributed by atoms with Crippen LogP contribution in [0.25, 0.3) is 0 Å². The van der Waals surface area contributed by atoms with E-state index in [4.69, 9.17) is 0 Å². The summed E-state index contributed by atoms with van der Waals surface area (Å²) in [5.74, 6) is -0.721. The number of aromatic nitrogens is 2. The minimum absolute atomic E-state index is 0.286. The highest BCUT2D eigenvalue weighted by Gasteiger charge is 2.36. The first-order valence-corrected chi connectivity index (χ1v) is 6.92. The molecule has 0 unspecified atom stereocenters. The van der Waals surface area contributed by atoms with Crippen LogP contribution >= 0.6 is 0 Å². The molecule has 1 N–H and O–H groups in total. The summed E-state index contributed by atoms with van der Waals surface area (Å²) in [4.78, 5) is 7.61. The molecular formula is C10H13FN2O3S. The van der Waals surface area contributed by atoms with Gasteiger partial charge in [0.1, 0.15) is 5.82 Å². The Morgan fingerprint density at radius 2 is 1.82 bits per heavy atom. The van der Waals surface area contributed by atoms with Crippen molar-refractivity contribution in [2.75, 3.05) is 0 Å². The van der Waals surface area contributed by atoms with Gasteiger partial charge in [-0.15, -0.1) is 0 Å². The number of nitrogens with zero attached hydrogens (tertiary/aromatic N) is 2. The minimum atomic E-state index is -4.11. The zero-order valence-corrected chi connectivity index (χ0v) is 9.90. The topological polar surface area (TPSA) is 80.2 Å². The molecule has 1 saturated carbocycles. The Hall–Kier alpha value is -1.08. The molecule has 2 atom stereocenters. The Kier molecular flexibility index (Phi) is 3.39. The van der Waals surface area contributed by atoms with Gasteiger partial charge in [-0.2, -0.15) is 8.42 Å². The highest BCUT2D eigenvalue weighted by atomic mass is 32.2. The molecule has 1 aromatic rings. The van der Waals surface area contributed by atoms with Crippen molar-refractivity contribution < 1.29 is 17.4 Å². The lowest BCUT2D eigenvalue weighted by Gasteiger charge is -2.27. The molecule has 94 valence electrons. The molecule has 0 aliphatic heterocycles. The average molecular weight is 260 g/mol. The van der Waals surface area contributed by atoms with Crippen molar-refractivity contribution in [2.45, 2.75) is 36.9 Å². The third-order valence-electron chi connectivity index (χ3n) is 3.06. The fraction of sp³-hybridized carbons (Fsp3) is 0.600. The van der Waals surface area contributed by atoms with E-state index in [-0.39, 0.29) is 5.82 Å². The van der Waals surface area contributed by atoms with Gasteiger partial charge in [-0.1, -0.05) is 12.8 Å². The van der Waals surface area contributed by atoms with Crippen LogP contribution in [0.4, 0.5) is 4.39 Å². The van der Waals surface area contributed by atoms with E-state index in [2.05, 4.69) is 9.97 Å². The van der Waals surface area contributed by atoms with E-state index in [0.29, 0.717) is 12.8 Å². The van der Waals surface area contributed by atoms with Gasteiger partial charge < -0.3 is 0 Å². The van der Waals surface area contributed by atoms with Gasteiger partial charge in [0, 0.05) is 5.92 Å². The summed E-state index contributed by atoms with van der Waals surface area (Å²) in [6.45, 7) is 0. The SMILES string of the molecule is O=S(=O)(O)[C@@H]1CCCC[C@@H]1c1ncc(F)cn1. The Labute approximate surface area is 98.8 Å². The Bertz CT molecular complexity index is 489. The molecule has 5 nitrogen and oxygen atoms in total. The minimum Gasteiger partial charge on any atom is -0.285 e. The summed E-state index contributed by atoms with van der Waals surface area (Å²) in [5.41, 5.74) is 0. The molecule has 7 heteroatoms. The maximum absolute atomic E-state index is 12.7. The monoisotopic (exact) mass is 260 g/mol. The quantitative estimate of drug-likeness (QED) is 0.816. The zero-order chi connectivity index (χ0) is 12.5. The number of hydrogen-bond donors (Lipinski definition) is 1. The molecule has 1 heterocycles. The number of hydrogen-bond acceptors (Lipinski definition) is 4. The fourth-order valence-corrected chi connectivity index (χ4v) is 3.40. The number of rotatable bonds is 2. The van der Waals surface area contributed by atoms with Crippen molar-refractivity contribution >= 4 is 10.1 Å². The second-order valence-corrected chi connectivity index (χ2v) is 5.84. The first-order valence-electron chi connectivity index (χ1n) is 5.42. The van der Waals surface area contributed by atoms with Crippen LogP contribution in [-0.4, -0.2) is 28.2 Å². The van der Waals surface area contributed by atoms with Gasteiger partial charge in [-0.25, -0.2) is 14.4 Å². The van der Waals surface area contributed by atoms with E-state index in [9.17, 15) is 17.4 Å². The Morgan fingerprint density at radius 3 is 2.41 bits per heavy atom. The molecular weight excluding hydrogens is 247 g/mol. The molecule has 1 aromatic heterocycles. The zero-order valence-electron chi connectivity index (χ0n) is 9.08. The number of halogens is 1. The highest BCUT2D eigenvalue weighted by molar-refractivity contribution is 7.86. The van der Waals surface area contributed by atoms with Gasteiger partial charge >= 0.3 is 0 Å². The molecule has 0 bridgehead atoms. The maximum Gasteiger partial charge on any atom is 0.268 e. The molecule has 0 radical (unpaired) electrons. The molecule has 17 heavy (non-hydrogen) atoms. The van der Waals surface area contributed by atoms with Crippen molar-refractivity contribution in [1.29, 1.82) is 0 Å². The second-order valence-electron chi connectivity index (χ2n) is 4.20. The van der Waals surface area contributed by atoms with Crippen LogP contribution in [0.15, 0.2) is 12.4 Å². The van der Waals surface area contributed by atoms with Crippen molar-refractivity contribution in [3.05, 3.63) is 24.0 Å². The van der Waals surface area contributed by atoms with Crippen molar-refractivity contribution in [3.63, 3.8) is 0 Å². The predicted molar refractivity (Wildman–Crippen MR) is 58.5 cm³/mol. The molecule has 0 aromatic carbocycles. The lowest BCUT2D eigenvalue weighted by molar-refractivity contribution is 0.385. The average Bonchev–Trinajstić information content (AvgIpc) is 2.29. The molecule has 0 saturated heterocycles. The van der Waals surface area contributed by atoms with Gasteiger partial charge in [0.25, 0.3) is 10.1 Å². The van der Waals surface area contributed by atoms with Crippen molar-refractivity contribution in [3.8, 4) is 0 Å². The van der Waals surface area contributed by atoms with E-state index in [1.165, 1.54) is 0 Å². The molecule has 0 amide bonds. The van der Waals surface area contributed by atoms with E-state index < -0.39 is 27.1 Å². The first kappa shape index (κ1) is 12.4. The summed E-state index contributed by atoms with van der Waals surface area (Å²) in [7, 11) is -4.11. The van der Waals surface area contributed by atoms with Crippen LogP contribution in [0.3, 0.4) is 0 Å². The Balaban J connectivity index is 2.31. The fourth-order valence-electron chi connectivity index (χ4n) is 2.26. The van der Waals surface area contributed by atoms with Gasteiger partial charge in [0.15, 0.2) is 5.82 Å². The van der Waals surface area contributed by atoms with Crippen LogP contribution in [0.2, 0.25) is 0 Å². The molecule has 1 aliphatic carbocycles. The maximum atomic E-state index is 12.7. The molecule has 1 aliphatic rings. The van der Waals surface area contributed by atoms with Crippen LogP contribution in [0.5, 0.6) is 0 Å².